The van der Waals surface area contributed by atoms with Crippen LogP contribution in [0.15, 0.2) is 11.0 Å². The zero-order chi connectivity index (χ0) is 20.0. The molecule has 0 saturated carbocycles. The number of rotatable bonds is 2. The fraction of sp³-hybridized carbons (Fsp3) is 0.684. The van der Waals surface area contributed by atoms with Gasteiger partial charge in [-0.1, -0.05) is 18.3 Å². The zero-order valence-corrected chi connectivity index (χ0v) is 17.3. The summed E-state index contributed by atoms with van der Waals surface area (Å²) in [5.74, 6) is -0.248. The van der Waals surface area contributed by atoms with Crippen molar-refractivity contribution in [2.24, 2.45) is 5.92 Å². The minimum Gasteiger partial charge on any atom is -0.347 e. The van der Waals surface area contributed by atoms with E-state index in [1.54, 1.807) is 4.90 Å². The quantitative estimate of drug-likeness (QED) is 0.726. The molecule has 5 heterocycles. The van der Waals surface area contributed by atoms with Crippen LogP contribution in [0.4, 0.5) is 5.13 Å². The third-order valence-electron chi connectivity index (χ3n) is 6.06. The number of anilines is 1. The van der Waals surface area contributed by atoms with Crippen LogP contribution in [0, 0.1) is 5.92 Å². The van der Waals surface area contributed by atoms with Crippen molar-refractivity contribution in [2.45, 2.75) is 38.4 Å². The summed E-state index contributed by atoms with van der Waals surface area (Å²) in [7, 11) is 0. The number of likely N-dealkylation sites (tertiary alicyclic amines) is 1. The van der Waals surface area contributed by atoms with Crippen molar-refractivity contribution in [1.29, 1.82) is 0 Å². The molecule has 3 saturated heterocycles. The lowest BCUT2D eigenvalue weighted by Gasteiger charge is -2.37. The molecule has 3 fully saturated rings. The maximum absolute atomic E-state index is 13.0. The van der Waals surface area contributed by atoms with Crippen molar-refractivity contribution in [1.82, 2.24) is 19.5 Å². The summed E-state index contributed by atoms with van der Waals surface area (Å²) in [6.07, 6.45) is 4.96. The first-order valence-corrected chi connectivity index (χ1v) is 11.1. The van der Waals surface area contributed by atoms with E-state index < -0.39 is 11.3 Å². The molecule has 0 bridgehead atoms. The molecule has 9 nitrogen and oxygen atoms in total. The van der Waals surface area contributed by atoms with Gasteiger partial charge in [0.25, 0.3) is 11.5 Å². The lowest BCUT2D eigenvalue weighted by Crippen LogP contribution is -2.48. The first-order valence-electron chi connectivity index (χ1n) is 10.3. The van der Waals surface area contributed by atoms with E-state index in [1.165, 1.54) is 28.5 Å². The van der Waals surface area contributed by atoms with Crippen molar-refractivity contribution in [3.63, 3.8) is 0 Å². The van der Waals surface area contributed by atoms with Gasteiger partial charge in [0.15, 0.2) is 5.79 Å². The highest BCUT2D eigenvalue weighted by Gasteiger charge is 2.41. The Morgan fingerprint density at radius 1 is 1.24 bits per heavy atom. The third-order valence-corrected chi connectivity index (χ3v) is 7.04. The highest BCUT2D eigenvalue weighted by molar-refractivity contribution is 7.20. The number of aromatic nitrogens is 3. The molecule has 0 radical (unpaired) electrons. The van der Waals surface area contributed by atoms with Gasteiger partial charge >= 0.3 is 0 Å². The average Bonchev–Trinajstić information content (AvgIpc) is 3.36. The second-order valence-electron chi connectivity index (χ2n) is 8.15. The van der Waals surface area contributed by atoms with Crippen LogP contribution in [0.1, 0.15) is 43.0 Å². The number of ether oxygens (including phenoxy) is 2. The van der Waals surface area contributed by atoms with Gasteiger partial charge in [0, 0.05) is 45.2 Å². The van der Waals surface area contributed by atoms with Gasteiger partial charge in [-0.05, 0) is 18.8 Å². The molecule has 0 unspecified atom stereocenters. The largest absolute Gasteiger partial charge is 0.347 e. The van der Waals surface area contributed by atoms with Crippen molar-refractivity contribution >= 4 is 27.3 Å². The van der Waals surface area contributed by atoms with Gasteiger partial charge in [0.2, 0.25) is 10.1 Å². The van der Waals surface area contributed by atoms with Crippen LogP contribution in [0.5, 0.6) is 0 Å². The van der Waals surface area contributed by atoms with Crippen LogP contribution in [0.2, 0.25) is 0 Å². The molecule has 3 aliphatic heterocycles. The summed E-state index contributed by atoms with van der Waals surface area (Å²) in [5.41, 5.74) is -0.336. The van der Waals surface area contributed by atoms with E-state index >= 15 is 0 Å². The van der Waals surface area contributed by atoms with Crippen molar-refractivity contribution < 1.29 is 14.3 Å². The fourth-order valence-corrected chi connectivity index (χ4v) is 5.32. The predicted octanol–water partition coefficient (Wildman–Crippen LogP) is 1.37. The van der Waals surface area contributed by atoms with Crippen LogP contribution in [-0.4, -0.2) is 70.6 Å². The Bertz CT molecular complexity index is 973. The van der Waals surface area contributed by atoms with Gasteiger partial charge in [0.05, 0.1) is 13.2 Å². The number of amides is 1. The lowest BCUT2D eigenvalue weighted by atomic mass is 10.0. The average molecular weight is 420 g/mol. The predicted molar refractivity (Wildman–Crippen MR) is 108 cm³/mol. The second kappa shape index (κ2) is 7.33. The van der Waals surface area contributed by atoms with Gasteiger partial charge in [0.1, 0.15) is 5.56 Å². The SMILES string of the molecule is C[C@@H]1CCCN(c2nn3c(=O)c(C(=O)N4CCC5(CC4)OCCO5)cnc3s2)C1. The Hall–Kier alpha value is -2.04. The van der Waals surface area contributed by atoms with Crippen LogP contribution in [0.3, 0.4) is 0 Å². The van der Waals surface area contributed by atoms with Crippen LogP contribution in [0.25, 0.3) is 4.96 Å². The standard InChI is InChI=1S/C19H25N5O4S/c1-13-3-2-6-23(12-13)18-21-24-16(26)14(11-20-17(24)29-18)15(25)22-7-4-19(5-8-22)27-9-10-28-19/h11,13H,2-10,12H2,1H3/t13-/m1/s1. The Labute approximate surface area is 172 Å². The van der Waals surface area contributed by atoms with E-state index in [0.29, 0.717) is 50.0 Å². The van der Waals surface area contributed by atoms with E-state index in [1.807, 2.05) is 0 Å². The third kappa shape index (κ3) is 3.43. The summed E-state index contributed by atoms with van der Waals surface area (Å²) in [6, 6.07) is 0. The maximum atomic E-state index is 13.0. The van der Waals surface area contributed by atoms with E-state index in [0.717, 1.165) is 24.6 Å². The van der Waals surface area contributed by atoms with Gasteiger partial charge in [-0.25, -0.2) is 4.98 Å². The summed E-state index contributed by atoms with van der Waals surface area (Å²) >= 11 is 1.40. The number of fused-ring (bicyclic) bond motifs is 1. The van der Waals surface area contributed by atoms with Crippen molar-refractivity contribution in [3.05, 3.63) is 22.1 Å². The molecule has 10 heteroatoms. The number of carbonyl (C=O) groups excluding carboxylic acids is 1. The number of nitrogens with zero attached hydrogens (tertiary/aromatic N) is 5. The summed E-state index contributed by atoms with van der Waals surface area (Å²) < 4.78 is 12.7. The molecule has 2 aromatic heterocycles. The normalized spacial score (nSPS) is 24.5. The summed E-state index contributed by atoms with van der Waals surface area (Å²) in [6.45, 7) is 6.27. The Morgan fingerprint density at radius 2 is 2.00 bits per heavy atom. The molecule has 0 aromatic carbocycles. The van der Waals surface area contributed by atoms with E-state index in [4.69, 9.17) is 9.47 Å². The maximum Gasteiger partial charge on any atom is 0.288 e. The van der Waals surface area contributed by atoms with Gasteiger partial charge in [-0.15, -0.1) is 5.10 Å². The number of carbonyl (C=O) groups is 1. The second-order valence-corrected chi connectivity index (χ2v) is 9.08. The summed E-state index contributed by atoms with van der Waals surface area (Å²) in [5, 5.41) is 5.28. The monoisotopic (exact) mass is 419 g/mol. The Balaban J connectivity index is 1.37. The molecule has 156 valence electrons. The minimum absolute atomic E-state index is 0.0653. The molecule has 29 heavy (non-hydrogen) atoms. The topological polar surface area (TPSA) is 89.3 Å². The molecule has 5 rings (SSSR count). The number of hydrogen-bond acceptors (Lipinski definition) is 8. The van der Waals surface area contributed by atoms with Crippen LogP contribution in [-0.2, 0) is 9.47 Å². The molecule has 1 amide bonds. The Kier molecular flexibility index (Phi) is 4.79. The van der Waals surface area contributed by atoms with Crippen molar-refractivity contribution in [3.8, 4) is 0 Å². The smallest absolute Gasteiger partial charge is 0.288 e. The molecular formula is C19H25N5O4S. The molecule has 2 aromatic rings. The number of piperidine rings is 2. The van der Waals surface area contributed by atoms with Gasteiger partial charge < -0.3 is 19.3 Å². The highest BCUT2D eigenvalue weighted by atomic mass is 32.1. The molecule has 0 N–H and O–H groups in total. The first kappa shape index (κ1) is 19.0. The van der Waals surface area contributed by atoms with E-state index in [9.17, 15) is 9.59 Å². The van der Waals surface area contributed by atoms with Crippen LogP contribution < -0.4 is 10.5 Å². The summed E-state index contributed by atoms with van der Waals surface area (Å²) in [4.78, 5) is 34.7. The highest BCUT2D eigenvalue weighted by Crippen LogP contribution is 2.31. The van der Waals surface area contributed by atoms with Crippen LogP contribution >= 0.6 is 11.3 Å². The molecule has 1 atom stereocenters. The molecule has 1 spiro atoms. The zero-order valence-electron chi connectivity index (χ0n) is 16.5. The first-order chi connectivity index (χ1) is 14.0. The van der Waals surface area contributed by atoms with Gasteiger partial charge in [-0.3, -0.25) is 9.59 Å². The fourth-order valence-electron chi connectivity index (χ4n) is 4.42. The van der Waals surface area contributed by atoms with E-state index in [-0.39, 0.29) is 11.5 Å². The number of hydrogen-bond donors (Lipinski definition) is 0. The van der Waals surface area contributed by atoms with E-state index in [2.05, 4.69) is 21.9 Å². The minimum atomic E-state index is -0.552. The Morgan fingerprint density at radius 3 is 2.72 bits per heavy atom. The van der Waals surface area contributed by atoms with Crippen molar-refractivity contribution in [2.75, 3.05) is 44.3 Å². The van der Waals surface area contributed by atoms with Gasteiger partial charge in [-0.2, -0.15) is 4.52 Å². The lowest BCUT2D eigenvalue weighted by molar-refractivity contribution is -0.181. The molecular weight excluding hydrogens is 394 g/mol. The molecule has 0 aliphatic carbocycles. The molecule has 3 aliphatic rings.